The minimum atomic E-state index is -4.30. The summed E-state index contributed by atoms with van der Waals surface area (Å²) >= 11 is 0. The van der Waals surface area contributed by atoms with Crippen molar-refractivity contribution < 1.29 is 18.0 Å². The van der Waals surface area contributed by atoms with Crippen molar-refractivity contribution in [3.05, 3.63) is 35.4 Å². The average molecular weight is 217 g/mol. The van der Waals surface area contributed by atoms with Crippen LogP contribution in [0.2, 0.25) is 0 Å². The van der Waals surface area contributed by atoms with Crippen molar-refractivity contribution in [3.8, 4) is 0 Å². The molecule has 0 unspecified atom stereocenters. The lowest BCUT2D eigenvalue weighted by Gasteiger charge is -2.07. The number of benzene rings is 1. The van der Waals surface area contributed by atoms with E-state index in [2.05, 4.69) is 9.99 Å². The predicted molar refractivity (Wildman–Crippen MR) is 50.6 cm³/mol. The highest BCUT2D eigenvalue weighted by molar-refractivity contribution is 5.60. The Balaban J connectivity index is 2.79. The summed E-state index contributed by atoms with van der Waals surface area (Å²) in [6, 6.07) is 5.12. The zero-order chi connectivity index (χ0) is 11.3. The topological polar surface area (TPSA) is 21.6 Å². The lowest BCUT2D eigenvalue weighted by atomic mass is 10.1. The molecular weight excluding hydrogens is 207 g/mol. The number of halogens is 3. The number of hydrogen-bond donors (Lipinski definition) is 0. The third-order valence-corrected chi connectivity index (χ3v) is 1.76. The lowest BCUT2D eigenvalue weighted by molar-refractivity contribution is -0.137. The van der Waals surface area contributed by atoms with E-state index in [1.54, 1.807) is 6.07 Å². The molecule has 0 atom stereocenters. The second-order valence-corrected chi connectivity index (χ2v) is 2.87. The van der Waals surface area contributed by atoms with E-state index in [4.69, 9.17) is 0 Å². The molecule has 0 amide bonds. The molecule has 0 aliphatic rings. The SMILES string of the molecule is CON=CCc1cccc(C(F)(F)F)c1. The summed E-state index contributed by atoms with van der Waals surface area (Å²) in [5.74, 6) is 0. The van der Waals surface area contributed by atoms with Gasteiger partial charge in [-0.05, 0) is 11.6 Å². The van der Waals surface area contributed by atoms with Crippen LogP contribution >= 0.6 is 0 Å². The molecule has 0 bridgehead atoms. The van der Waals surface area contributed by atoms with Crippen LogP contribution in [0.25, 0.3) is 0 Å². The molecule has 0 fully saturated rings. The van der Waals surface area contributed by atoms with Gasteiger partial charge in [0.15, 0.2) is 0 Å². The second-order valence-electron chi connectivity index (χ2n) is 2.87. The van der Waals surface area contributed by atoms with Gasteiger partial charge in [-0.1, -0.05) is 23.4 Å². The van der Waals surface area contributed by atoms with Gasteiger partial charge in [0.05, 0.1) is 5.56 Å². The summed E-state index contributed by atoms with van der Waals surface area (Å²) < 4.78 is 36.9. The molecule has 1 rings (SSSR count). The van der Waals surface area contributed by atoms with Gasteiger partial charge in [0.1, 0.15) is 7.11 Å². The van der Waals surface area contributed by atoms with Crippen molar-refractivity contribution in [1.29, 1.82) is 0 Å². The number of rotatable bonds is 3. The molecule has 0 saturated carbocycles. The van der Waals surface area contributed by atoms with Crippen LogP contribution in [0.1, 0.15) is 11.1 Å². The molecule has 2 nitrogen and oxygen atoms in total. The van der Waals surface area contributed by atoms with Gasteiger partial charge in [-0.2, -0.15) is 13.2 Å². The van der Waals surface area contributed by atoms with Crippen molar-refractivity contribution in [3.63, 3.8) is 0 Å². The van der Waals surface area contributed by atoms with Crippen molar-refractivity contribution in [2.75, 3.05) is 7.11 Å². The van der Waals surface area contributed by atoms with Crippen LogP contribution in [0.4, 0.5) is 13.2 Å². The number of oxime groups is 1. The van der Waals surface area contributed by atoms with E-state index in [-0.39, 0.29) is 0 Å². The first-order chi connectivity index (χ1) is 7.04. The lowest BCUT2D eigenvalue weighted by Crippen LogP contribution is -2.05. The van der Waals surface area contributed by atoms with E-state index in [9.17, 15) is 13.2 Å². The molecule has 0 spiro atoms. The van der Waals surface area contributed by atoms with Crippen LogP contribution in [-0.2, 0) is 17.4 Å². The van der Waals surface area contributed by atoms with E-state index in [0.717, 1.165) is 12.1 Å². The second kappa shape index (κ2) is 4.82. The molecule has 0 aliphatic heterocycles. The van der Waals surface area contributed by atoms with Gasteiger partial charge in [-0.15, -0.1) is 0 Å². The normalized spacial score (nSPS) is 12.0. The van der Waals surface area contributed by atoms with Crippen molar-refractivity contribution in [2.24, 2.45) is 5.16 Å². The molecule has 82 valence electrons. The van der Waals surface area contributed by atoms with Crippen LogP contribution in [-0.4, -0.2) is 13.3 Å². The Morgan fingerprint density at radius 1 is 1.40 bits per heavy atom. The minimum absolute atomic E-state index is 0.317. The Morgan fingerprint density at radius 2 is 2.13 bits per heavy atom. The van der Waals surface area contributed by atoms with Gasteiger partial charge < -0.3 is 4.84 Å². The maximum Gasteiger partial charge on any atom is 0.416 e. The minimum Gasteiger partial charge on any atom is -0.399 e. The van der Waals surface area contributed by atoms with Crippen LogP contribution in [0.5, 0.6) is 0 Å². The molecule has 5 heteroatoms. The number of hydrogen-bond acceptors (Lipinski definition) is 2. The average Bonchev–Trinajstić information content (AvgIpc) is 2.17. The zero-order valence-corrected chi connectivity index (χ0v) is 8.08. The van der Waals surface area contributed by atoms with Gasteiger partial charge in [0, 0.05) is 12.6 Å². The Kier molecular flexibility index (Phi) is 3.71. The van der Waals surface area contributed by atoms with E-state index < -0.39 is 11.7 Å². The van der Waals surface area contributed by atoms with Crippen molar-refractivity contribution in [1.82, 2.24) is 0 Å². The van der Waals surface area contributed by atoms with Crippen LogP contribution in [0.15, 0.2) is 29.4 Å². The van der Waals surface area contributed by atoms with Gasteiger partial charge >= 0.3 is 6.18 Å². The molecule has 1 aromatic rings. The first-order valence-corrected chi connectivity index (χ1v) is 4.25. The third-order valence-electron chi connectivity index (χ3n) is 1.76. The summed E-state index contributed by atoms with van der Waals surface area (Å²) in [5, 5.41) is 3.45. The molecule has 0 radical (unpaired) electrons. The summed E-state index contributed by atoms with van der Waals surface area (Å²) in [7, 11) is 1.38. The highest BCUT2D eigenvalue weighted by Gasteiger charge is 2.30. The predicted octanol–water partition coefficient (Wildman–Crippen LogP) is 2.88. The summed E-state index contributed by atoms with van der Waals surface area (Å²) in [6.07, 6.45) is -2.57. The maximum absolute atomic E-state index is 12.3. The molecule has 0 aromatic heterocycles. The summed E-state index contributed by atoms with van der Waals surface area (Å²) in [6.45, 7) is 0. The fourth-order valence-corrected chi connectivity index (χ4v) is 1.09. The monoisotopic (exact) mass is 217 g/mol. The third kappa shape index (κ3) is 3.61. The van der Waals surface area contributed by atoms with Gasteiger partial charge in [-0.3, -0.25) is 0 Å². The zero-order valence-electron chi connectivity index (χ0n) is 8.08. The Hall–Kier alpha value is -1.52. The van der Waals surface area contributed by atoms with Crippen LogP contribution in [0.3, 0.4) is 0 Å². The summed E-state index contributed by atoms with van der Waals surface area (Å²) in [4.78, 5) is 4.41. The van der Waals surface area contributed by atoms with Gasteiger partial charge in [0.25, 0.3) is 0 Å². The molecule has 0 saturated heterocycles. The molecular formula is C10H10F3NO. The smallest absolute Gasteiger partial charge is 0.399 e. The van der Waals surface area contributed by atoms with Gasteiger partial charge in [-0.25, -0.2) is 0 Å². The number of nitrogens with zero attached hydrogens (tertiary/aromatic N) is 1. The Morgan fingerprint density at radius 3 is 2.73 bits per heavy atom. The Bertz CT molecular complexity index is 347. The highest BCUT2D eigenvalue weighted by atomic mass is 19.4. The van der Waals surface area contributed by atoms with E-state index >= 15 is 0 Å². The van der Waals surface area contributed by atoms with E-state index in [1.807, 2.05) is 0 Å². The number of alkyl halides is 3. The maximum atomic E-state index is 12.3. The van der Waals surface area contributed by atoms with E-state index in [0.29, 0.717) is 12.0 Å². The molecule has 0 N–H and O–H groups in total. The molecule has 1 aromatic carbocycles. The molecule has 15 heavy (non-hydrogen) atoms. The Labute approximate surface area is 85.4 Å². The van der Waals surface area contributed by atoms with Crippen LogP contribution < -0.4 is 0 Å². The first kappa shape index (κ1) is 11.6. The van der Waals surface area contributed by atoms with Crippen molar-refractivity contribution in [2.45, 2.75) is 12.6 Å². The van der Waals surface area contributed by atoms with E-state index in [1.165, 1.54) is 19.4 Å². The standard InChI is InChI=1S/C10H10F3NO/c1-15-14-6-5-8-3-2-4-9(7-8)10(11,12)13/h2-4,6-7H,5H2,1H3. The quantitative estimate of drug-likeness (QED) is 0.563. The fourth-order valence-electron chi connectivity index (χ4n) is 1.09. The van der Waals surface area contributed by atoms with Gasteiger partial charge in [0.2, 0.25) is 0 Å². The highest BCUT2D eigenvalue weighted by Crippen LogP contribution is 2.29. The molecule has 0 aliphatic carbocycles. The first-order valence-electron chi connectivity index (χ1n) is 4.25. The van der Waals surface area contributed by atoms with Crippen LogP contribution in [0, 0.1) is 0 Å². The molecule has 0 heterocycles. The van der Waals surface area contributed by atoms with Crippen molar-refractivity contribution >= 4 is 6.21 Å². The fraction of sp³-hybridized carbons (Fsp3) is 0.300. The summed E-state index contributed by atoms with van der Waals surface area (Å²) in [5.41, 5.74) is -0.101. The largest absolute Gasteiger partial charge is 0.416 e.